The topological polar surface area (TPSA) is 336 Å². The molecule has 1 aromatic heterocycles. The van der Waals surface area contributed by atoms with Gasteiger partial charge in [0, 0.05) is 61.3 Å². The first-order valence-electron chi connectivity index (χ1n) is 32.7. The van der Waals surface area contributed by atoms with Gasteiger partial charge in [-0.2, -0.15) is 11.8 Å². The lowest BCUT2D eigenvalue weighted by atomic mass is 9.46. The van der Waals surface area contributed by atoms with Crippen LogP contribution in [-0.2, 0) is 74.8 Å². The van der Waals surface area contributed by atoms with Gasteiger partial charge < -0.3 is 84.1 Å². The molecule has 89 heavy (non-hydrogen) atoms. The molecule has 0 spiro atoms. The van der Waals surface area contributed by atoms with Crippen molar-refractivity contribution in [1.82, 2.24) is 30.9 Å². The number of aliphatic hydroxyl groups is 5. The first-order chi connectivity index (χ1) is 42.6. The molecule has 7 fully saturated rings. The second-order valence-corrected chi connectivity index (χ2v) is 28.2. The van der Waals surface area contributed by atoms with Gasteiger partial charge in [-0.1, -0.05) is 57.9 Å². The molecule has 0 radical (unpaired) electrons. The van der Waals surface area contributed by atoms with E-state index in [9.17, 15) is 49.5 Å². The summed E-state index contributed by atoms with van der Waals surface area (Å²) >= 11 is 1.88. The van der Waals surface area contributed by atoms with Gasteiger partial charge in [-0.25, -0.2) is 9.48 Å². The number of ketones is 1. The van der Waals surface area contributed by atoms with Crippen LogP contribution in [-0.4, -0.2) is 220 Å². The first kappa shape index (κ1) is 69.4. The van der Waals surface area contributed by atoms with E-state index in [1.54, 1.807) is 17.8 Å². The number of carbonyl (C=O) groups excluding carboxylic acids is 5. The third kappa shape index (κ3) is 16.5. The van der Waals surface area contributed by atoms with Crippen molar-refractivity contribution in [3.8, 4) is 0 Å². The molecule has 8 aliphatic rings. The van der Waals surface area contributed by atoms with Crippen molar-refractivity contribution in [2.75, 3.05) is 65.2 Å². The van der Waals surface area contributed by atoms with Gasteiger partial charge in [-0.3, -0.25) is 19.2 Å². The molecule has 3 amide bonds. The molecule has 26 heteroatoms. The number of ether oxygens (including phenoxy) is 9. The van der Waals surface area contributed by atoms with Crippen LogP contribution in [0.3, 0.4) is 0 Å². The Hall–Kier alpha value is -3.90. The molecular formula is C63H100N6O19S. The molecule has 4 aliphatic carbocycles. The highest BCUT2D eigenvalue weighted by Gasteiger charge is 2.71. The Labute approximate surface area is 526 Å². The van der Waals surface area contributed by atoms with Crippen molar-refractivity contribution < 1.29 is 92.1 Å². The van der Waals surface area contributed by atoms with Gasteiger partial charge in [0.1, 0.15) is 35.8 Å². The van der Waals surface area contributed by atoms with Crippen LogP contribution in [0.15, 0.2) is 17.8 Å². The fourth-order valence-electron chi connectivity index (χ4n) is 15.7. The number of urea groups is 1. The predicted octanol–water partition coefficient (Wildman–Crippen LogP) is 3.21. The van der Waals surface area contributed by atoms with Gasteiger partial charge in [0.2, 0.25) is 5.91 Å². The highest BCUT2D eigenvalue weighted by Crippen LogP contribution is 2.69. The van der Waals surface area contributed by atoms with Gasteiger partial charge >= 0.3 is 18.0 Å². The van der Waals surface area contributed by atoms with Gasteiger partial charge in [0.25, 0.3) is 0 Å². The van der Waals surface area contributed by atoms with E-state index in [0.29, 0.717) is 115 Å². The average Bonchev–Trinajstić information content (AvgIpc) is 1.59. The van der Waals surface area contributed by atoms with E-state index < -0.39 is 84.2 Å². The van der Waals surface area contributed by atoms with Crippen molar-refractivity contribution in [3.63, 3.8) is 0 Å². The monoisotopic (exact) mass is 1280 g/mol. The number of allylic oxidation sites excluding steroid dienone is 1. The van der Waals surface area contributed by atoms with E-state index in [0.717, 1.165) is 50.7 Å². The third-order valence-electron chi connectivity index (χ3n) is 20.7. The Kier molecular flexibility index (Phi) is 24.5. The fraction of sp³-hybridized carbons (Fsp3) is 0.857. The van der Waals surface area contributed by atoms with Crippen LogP contribution in [0, 0.1) is 40.4 Å². The van der Waals surface area contributed by atoms with E-state index in [-0.39, 0.29) is 85.1 Å². The number of hydrogen-bond donors (Lipinski definition) is 8. The lowest BCUT2D eigenvalue weighted by molar-refractivity contribution is -0.346. The number of hydrogen-bond acceptors (Lipinski definition) is 22. The SMILES string of the molecule is CC(=O)O[C@H]1[C@H](O[C@H]2C[C@H]3[C@@H]4CC=C5C[C@@H](O)CC[C@]5(C)[C@H]4CC[C@]3(C)[C@@]2(O)[C@H](C)C(=O)CCC(C)C)OC[C@H](O)[C@@H]1O[C@@H]1OC[C@@H](OC(=O)CCCc2cn(CCOCCOCCOCCNC(=O)CCCC[C@@H]3SC[C@@H]4NC(=O)N[C@@H]43)nn2)[C@H](O)[C@H]1O. The zero-order valence-electron chi connectivity index (χ0n) is 52.8. The van der Waals surface area contributed by atoms with Gasteiger partial charge in [-0.15, -0.1) is 5.10 Å². The Balaban J connectivity index is 0.674. The van der Waals surface area contributed by atoms with Gasteiger partial charge in [0.15, 0.2) is 24.8 Å². The fourth-order valence-corrected chi connectivity index (χ4v) is 17.2. The number of aromatic nitrogens is 3. The number of esters is 2. The minimum absolute atomic E-state index is 0.00149. The van der Waals surface area contributed by atoms with E-state index >= 15 is 0 Å². The van der Waals surface area contributed by atoms with Crippen LogP contribution >= 0.6 is 11.8 Å². The molecule has 4 saturated heterocycles. The first-order valence-corrected chi connectivity index (χ1v) is 33.8. The second kappa shape index (κ2) is 31.4. The Bertz CT molecular complexity index is 2570. The standard InChI is InChI=1S/C63H100N6O19S/c1-36(2)14-17-46(72)37(3)63(79)50(31-44-42-16-15-39-30-41(71)18-20-61(39,5)43(42)19-21-62(44,63)6)87-59-57(85-38(4)70)56(47(73)33-83-59)88-58-55(77)54(76)48(34-84-58)86-52(75)13-9-10-40-32-69(68-67-40)23-25-81-27-29-82-28-26-80-24-22-64-51(74)12-8-7-11-49-53-45(35-89-49)65-60(78)66-53/h15,32,36-37,41-45,47-50,53-59,71,73,76-77,79H,7-14,16-31,33-35H2,1-6H3,(H,64,74)(H2,65,66,78)/t37-,41+,42-,43+,44+,45+,47+,48-,49+,50+,53+,54+,55-,56+,57-,58+,59+,61+,62+,63-/m1/s1. The number of rotatable bonds is 32. The lowest BCUT2D eigenvalue weighted by Crippen LogP contribution is -2.64. The number of thioether (sulfide) groups is 1. The summed E-state index contributed by atoms with van der Waals surface area (Å²) in [4.78, 5) is 63.9. The van der Waals surface area contributed by atoms with Crippen LogP contribution in [0.2, 0.25) is 0 Å². The molecule has 0 unspecified atom stereocenters. The molecule has 5 heterocycles. The Morgan fingerprint density at radius 3 is 2.37 bits per heavy atom. The maximum Gasteiger partial charge on any atom is 0.315 e. The summed E-state index contributed by atoms with van der Waals surface area (Å²) in [6.45, 7) is 13.9. The van der Waals surface area contributed by atoms with E-state index in [1.165, 1.54) is 12.5 Å². The zero-order valence-corrected chi connectivity index (χ0v) is 53.7. The minimum Gasteiger partial charge on any atom is -0.457 e. The molecular weight excluding hydrogens is 1180 g/mol. The highest BCUT2D eigenvalue weighted by atomic mass is 32.2. The number of aryl methyl sites for hydroxylation is 1. The molecule has 25 nitrogen and oxygen atoms in total. The number of amides is 3. The van der Waals surface area contributed by atoms with Crippen LogP contribution in [0.5, 0.6) is 0 Å². The molecule has 4 aliphatic heterocycles. The summed E-state index contributed by atoms with van der Waals surface area (Å²) in [7, 11) is 0. The summed E-state index contributed by atoms with van der Waals surface area (Å²) in [5, 5.41) is 75.8. The zero-order chi connectivity index (χ0) is 63.6. The molecule has 0 aromatic carbocycles. The second-order valence-electron chi connectivity index (χ2n) is 27.0. The number of aliphatic hydroxyl groups excluding tert-OH is 4. The molecule has 9 rings (SSSR count). The number of nitrogens with zero attached hydrogens (tertiary/aromatic N) is 3. The Morgan fingerprint density at radius 2 is 1.61 bits per heavy atom. The molecule has 502 valence electrons. The van der Waals surface area contributed by atoms with Crippen LogP contribution in [0.4, 0.5) is 4.79 Å². The number of unbranched alkanes of at least 4 members (excludes halogenated alkanes) is 1. The smallest absolute Gasteiger partial charge is 0.315 e. The number of carbonyl (C=O) groups is 5. The number of fused-ring (bicyclic) bond motifs is 6. The molecule has 20 atom stereocenters. The normalized spacial score (nSPS) is 36.9. The quantitative estimate of drug-likeness (QED) is 0.0222. The summed E-state index contributed by atoms with van der Waals surface area (Å²) in [5.74, 6) is -0.727. The molecule has 0 bridgehead atoms. The third-order valence-corrected chi connectivity index (χ3v) is 22.2. The van der Waals surface area contributed by atoms with E-state index in [1.807, 2.05) is 11.8 Å². The molecule has 3 saturated carbocycles. The van der Waals surface area contributed by atoms with Gasteiger partial charge in [-0.05, 0) is 106 Å². The Morgan fingerprint density at radius 1 is 0.854 bits per heavy atom. The van der Waals surface area contributed by atoms with Crippen molar-refractivity contribution >= 4 is 41.4 Å². The van der Waals surface area contributed by atoms with E-state index in [2.05, 4.69) is 60.0 Å². The summed E-state index contributed by atoms with van der Waals surface area (Å²) in [6.07, 6.45) is 0.368. The largest absolute Gasteiger partial charge is 0.457 e. The maximum absolute atomic E-state index is 14.2. The van der Waals surface area contributed by atoms with Crippen molar-refractivity contribution in [1.29, 1.82) is 0 Å². The summed E-state index contributed by atoms with van der Waals surface area (Å²) in [6, 6.07) is 0.310. The lowest BCUT2D eigenvalue weighted by Gasteiger charge is -2.59. The number of nitrogens with one attached hydrogen (secondary N) is 3. The van der Waals surface area contributed by atoms with Crippen LogP contribution in [0.1, 0.15) is 144 Å². The minimum atomic E-state index is -1.79. The van der Waals surface area contributed by atoms with Crippen molar-refractivity contribution in [2.45, 2.75) is 235 Å². The maximum atomic E-state index is 14.2. The van der Waals surface area contributed by atoms with Crippen LogP contribution in [0.25, 0.3) is 0 Å². The summed E-state index contributed by atoms with van der Waals surface area (Å²) in [5.41, 5.74) is -0.592. The van der Waals surface area contributed by atoms with E-state index in [4.69, 9.17) is 42.6 Å². The average molecular weight is 1280 g/mol. The van der Waals surface area contributed by atoms with Crippen molar-refractivity contribution in [3.05, 3.63) is 23.5 Å². The van der Waals surface area contributed by atoms with Crippen LogP contribution < -0.4 is 16.0 Å². The molecule has 1 aromatic rings. The predicted molar refractivity (Wildman–Crippen MR) is 321 cm³/mol. The van der Waals surface area contributed by atoms with Crippen molar-refractivity contribution in [2.24, 2.45) is 40.4 Å². The van der Waals surface area contributed by atoms with Gasteiger partial charge in [0.05, 0.1) is 89.4 Å². The highest BCUT2D eigenvalue weighted by molar-refractivity contribution is 8.00. The molecule has 8 N–H and O–H groups in total. The summed E-state index contributed by atoms with van der Waals surface area (Å²) < 4.78 is 54.9. The number of Topliss-reactive ketones (excluding diaryl/α,β-unsaturated/α-hetero) is 1.